The van der Waals surface area contributed by atoms with Gasteiger partial charge in [0.1, 0.15) is 5.76 Å². The fourth-order valence-corrected chi connectivity index (χ4v) is 1.84. The van der Waals surface area contributed by atoms with Crippen molar-refractivity contribution in [3.05, 3.63) is 60.1 Å². The molecule has 0 bridgehead atoms. The lowest BCUT2D eigenvalue weighted by Gasteiger charge is -2.24. The summed E-state index contributed by atoms with van der Waals surface area (Å²) in [6.07, 6.45) is 2.38. The lowest BCUT2D eigenvalue weighted by Crippen LogP contribution is -2.36. The fraction of sp³-hybridized carbons (Fsp3) is 0.267. The van der Waals surface area contributed by atoms with Crippen molar-refractivity contribution in [1.29, 1.82) is 0 Å². The molecular formula is C15H17NO2. The third-order valence-electron chi connectivity index (χ3n) is 3.08. The standard InChI is InChI=1S/C15H17NO2/c1-12(11-14-9-6-10-18-14)16(2)15(17)13-7-4-3-5-8-13/h3-10,12H,11H2,1-2H3. The molecule has 0 N–H and O–H groups in total. The quantitative estimate of drug-likeness (QED) is 0.827. The van der Waals surface area contributed by atoms with E-state index >= 15 is 0 Å². The lowest BCUT2D eigenvalue weighted by molar-refractivity contribution is 0.0740. The molecule has 2 aromatic rings. The van der Waals surface area contributed by atoms with Gasteiger partial charge in [-0.25, -0.2) is 0 Å². The van der Waals surface area contributed by atoms with E-state index in [1.54, 1.807) is 11.2 Å². The molecule has 1 amide bonds. The Kier molecular flexibility index (Phi) is 3.82. The third kappa shape index (κ3) is 2.80. The average Bonchev–Trinajstić information content (AvgIpc) is 2.91. The molecule has 1 unspecified atom stereocenters. The molecule has 0 saturated carbocycles. The molecule has 2 rings (SSSR count). The van der Waals surface area contributed by atoms with E-state index in [4.69, 9.17) is 4.42 Å². The Bertz CT molecular complexity index is 490. The smallest absolute Gasteiger partial charge is 0.253 e. The van der Waals surface area contributed by atoms with Gasteiger partial charge in [0.2, 0.25) is 0 Å². The number of rotatable bonds is 4. The minimum absolute atomic E-state index is 0.0367. The second-order valence-electron chi connectivity index (χ2n) is 4.41. The van der Waals surface area contributed by atoms with E-state index in [9.17, 15) is 4.79 Å². The molecule has 1 aromatic carbocycles. The first kappa shape index (κ1) is 12.4. The first-order chi connectivity index (χ1) is 8.68. The van der Waals surface area contributed by atoms with E-state index in [0.29, 0.717) is 5.56 Å². The summed E-state index contributed by atoms with van der Waals surface area (Å²) in [6.45, 7) is 2.02. The number of hydrogen-bond donors (Lipinski definition) is 0. The van der Waals surface area contributed by atoms with E-state index < -0.39 is 0 Å². The molecule has 0 aliphatic heterocycles. The van der Waals surface area contributed by atoms with Gasteiger partial charge in [-0.1, -0.05) is 18.2 Å². The summed E-state index contributed by atoms with van der Waals surface area (Å²) in [5.41, 5.74) is 0.714. The van der Waals surface area contributed by atoms with Gasteiger partial charge in [0.05, 0.1) is 6.26 Å². The molecule has 0 radical (unpaired) electrons. The van der Waals surface area contributed by atoms with Gasteiger partial charge in [-0.15, -0.1) is 0 Å². The molecule has 0 spiro atoms. The molecule has 0 saturated heterocycles. The number of carbonyl (C=O) groups excluding carboxylic acids is 1. The molecule has 3 nitrogen and oxygen atoms in total. The Labute approximate surface area is 107 Å². The zero-order valence-corrected chi connectivity index (χ0v) is 10.7. The predicted octanol–water partition coefficient (Wildman–Crippen LogP) is 2.98. The number of nitrogens with zero attached hydrogens (tertiary/aromatic N) is 1. The molecule has 0 fully saturated rings. The van der Waals surface area contributed by atoms with Crippen molar-refractivity contribution in [2.45, 2.75) is 19.4 Å². The molecule has 94 valence electrons. The summed E-state index contributed by atoms with van der Waals surface area (Å²) in [4.78, 5) is 14.0. The van der Waals surface area contributed by atoms with Crippen LogP contribution >= 0.6 is 0 Å². The normalized spacial score (nSPS) is 12.1. The van der Waals surface area contributed by atoms with Crippen LogP contribution in [0.25, 0.3) is 0 Å². The maximum absolute atomic E-state index is 12.2. The molecule has 0 aliphatic rings. The van der Waals surface area contributed by atoms with Gasteiger partial charge in [0.15, 0.2) is 0 Å². The first-order valence-corrected chi connectivity index (χ1v) is 6.03. The Morgan fingerprint density at radius 1 is 1.22 bits per heavy atom. The van der Waals surface area contributed by atoms with Crippen molar-refractivity contribution in [2.24, 2.45) is 0 Å². The minimum atomic E-state index is 0.0367. The molecule has 1 heterocycles. The van der Waals surface area contributed by atoms with E-state index in [1.807, 2.05) is 56.4 Å². The van der Waals surface area contributed by atoms with Crippen LogP contribution < -0.4 is 0 Å². The van der Waals surface area contributed by atoms with Crippen molar-refractivity contribution in [3.8, 4) is 0 Å². The fourth-order valence-electron chi connectivity index (χ4n) is 1.84. The third-order valence-corrected chi connectivity index (χ3v) is 3.08. The molecule has 1 atom stereocenters. The lowest BCUT2D eigenvalue weighted by atomic mass is 10.1. The average molecular weight is 243 g/mol. The van der Waals surface area contributed by atoms with Crippen LogP contribution in [0.1, 0.15) is 23.0 Å². The highest BCUT2D eigenvalue weighted by Gasteiger charge is 2.18. The molecule has 3 heteroatoms. The van der Waals surface area contributed by atoms with Crippen LogP contribution in [0.4, 0.5) is 0 Å². The summed E-state index contributed by atoms with van der Waals surface area (Å²) in [5.74, 6) is 0.935. The van der Waals surface area contributed by atoms with Crippen molar-refractivity contribution in [3.63, 3.8) is 0 Å². The zero-order chi connectivity index (χ0) is 13.0. The Hall–Kier alpha value is -2.03. The maximum Gasteiger partial charge on any atom is 0.253 e. The van der Waals surface area contributed by atoms with Crippen molar-refractivity contribution < 1.29 is 9.21 Å². The van der Waals surface area contributed by atoms with E-state index in [-0.39, 0.29) is 11.9 Å². The SMILES string of the molecule is CC(Cc1ccco1)N(C)C(=O)c1ccccc1. The van der Waals surface area contributed by atoms with Crippen molar-refractivity contribution in [1.82, 2.24) is 4.90 Å². The summed E-state index contributed by atoms with van der Waals surface area (Å²) in [6, 6.07) is 13.2. The van der Waals surface area contributed by atoms with Gasteiger partial charge in [-0.2, -0.15) is 0 Å². The summed E-state index contributed by atoms with van der Waals surface area (Å²) >= 11 is 0. The number of benzene rings is 1. The van der Waals surface area contributed by atoms with Crippen LogP contribution in [0.3, 0.4) is 0 Å². The monoisotopic (exact) mass is 243 g/mol. The van der Waals surface area contributed by atoms with E-state index in [2.05, 4.69) is 0 Å². The van der Waals surface area contributed by atoms with Gasteiger partial charge < -0.3 is 9.32 Å². The van der Waals surface area contributed by atoms with Gasteiger partial charge >= 0.3 is 0 Å². The zero-order valence-electron chi connectivity index (χ0n) is 10.7. The minimum Gasteiger partial charge on any atom is -0.469 e. The van der Waals surface area contributed by atoms with Gasteiger partial charge in [-0.3, -0.25) is 4.79 Å². The van der Waals surface area contributed by atoms with Crippen LogP contribution in [-0.4, -0.2) is 23.9 Å². The van der Waals surface area contributed by atoms with Gasteiger partial charge in [0, 0.05) is 25.1 Å². The first-order valence-electron chi connectivity index (χ1n) is 6.03. The van der Waals surface area contributed by atoms with Crippen LogP contribution in [0, 0.1) is 0 Å². The van der Waals surface area contributed by atoms with Gasteiger partial charge in [-0.05, 0) is 31.2 Å². The largest absolute Gasteiger partial charge is 0.469 e. The topological polar surface area (TPSA) is 33.5 Å². The van der Waals surface area contributed by atoms with Crippen molar-refractivity contribution in [2.75, 3.05) is 7.05 Å². The second-order valence-corrected chi connectivity index (χ2v) is 4.41. The number of furan rings is 1. The second kappa shape index (κ2) is 5.54. The summed E-state index contributed by atoms with van der Waals surface area (Å²) in [7, 11) is 1.82. The highest BCUT2D eigenvalue weighted by molar-refractivity contribution is 5.94. The predicted molar refractivity (Wildman–Crippen MR) is 70.4 cm³/mol. The van der Waals surface area contributed by atoms with Crippen LogP contribution in [0.15, 0.2) is 53.1 Å². The van der Waals surface area contributed by atoms with Crippen molar-refractivity contribution >= 4 is 5.91 Å². The summed E-state index contributed by atoms with van der Waals surface area (Å²) in [5, 5.41) is 0. The molecule has 0 aliphatic carbocycles. The number of carbonyl (C=O) groups is 1. The Balaban J connectivity index is 2.02. The van der Waals surface area contributed by atoms with Crippen LogP contribution in [0.5, 0.6) is 0 Å². The van der Waals surface area contributed by atoms with E-state index in [0.717, 1.165) is 12.2 Å². The number of amides is 1. The summed E-state index contributed by atoms with van der Waals surface area (Å²) < 4.78 is 5.30. The number of hydrogen-bond acceptors (Lipinski definition) is 2. The Morgan fingerprint density at radius 2 is 1.94 bits per heavy atom. The highest BCUT2D eigenvalue weighted by Crippen LogP contribution is 2.11. The number of likely N-dealkylation sites (N-methyl/N-ethyl adjacent to an activating group) is 1. The molecular weight excluding hydrogens is 226 g/mol. The van der Waals surface area contributed by atoms with E-state index in [1.165, 1.54) is 0 Å². The molecule has 1 aromatic heterocycles. The van der Waals surface area contributed by atoms with Crippen LogP contribution in [0.2, 0.25) is 0 Å². The maximum atomic E-state index is 12.2. The van der Waals surface area contributed by atoms with Gasteiger partial charge in [0.25, 0.3) is 5.91 Å². The highest BCUT2D eigenvalue weighted by atomic mass is 16.3. The molecule has 18 heavy (non-hydrogen) atoms. The van der Waals surface area contributed by atoms with Crippen LogP contribution in [-0.2, 0) is 6.42 Å². The Morgan fingerprint density at radius 3 is 2.56 bits per heavy atom.